The molecule has 120 valence electrons. The number of aromatic nitrogens is 6. The lowest BCUT2D eigenvalue weighted by Crippen LogP contribution is -2.05. The van der Waals surface area contributed by atoms with Crippen molar-refractivity contribution in [3.05, 3.63) is 47.0 Å². The summed E-state index contributed by atoms with van der Waals surface area (Å²) in [5, 5.41) is 13.1. The molecule has 0 bridgehead atoms. The van der Waals surface area contributed by atoms with Gasteiger partial charge in [0.05, 0.1) is 13.7 Å². The summed E-state index contributed by atoms with van der Waals surface area (Å²) >= 11 is 0. The van der Waals surface area contributed by atoms with Crippen LogP contribution in [-0.2, 0) is 11.3 Å². The summed E-state index contributed by atoms with van der Waals surface area (Å²) in [7, 11) is 1.57. The van der Waals surface area contributed by atoms with Gasteiger partial charge in [-0.3, -0.25) is 9.78 Å². The van der Waals surface area contributed by atoms with Gasteiger partial charge in [0, 0.05) is 30.2 Å². The van der Waals surface area contributed by atoms with Gasteiger partial charge in [0.2, 0.25) is 5.88 Å². The topological polar surface area (TPSA) is 139 Å². The van der Waals surface area contributed by atoms with Crippen molar-refractivity contribution in [1.82, 2.24) is 29.7 Å². The van der Waals surface area contributed by atoms with Crippen LogP contribution in [0.2, 0.25) is 0 Å². The second-order valence-electron chi connectivity index (χ2n) is 4.20. The Balaban J connectivity index is 0.000000595. The molecule has 0 saturated heterocycles. The molecular formula is C13H14N6O4. The first-order chi connectivity index (χ1) is 11.2. The van der Waals surface area contributed by atoms with Crippen molar-refractivity contribution in [3.8, 4) is 17.3 Å². The minimum absolute atomic E-state index is 0.250. The number of nitrogens with zero attached hydrogens (tertiary/aromatic N) is 4. The van der Waals surface area contributed by atoms with E-state index in [1.807, 2.05) is 16.8 Å². The number of imidazole rings is 1. The molecule has 10 nitrogen and oxygen atoms in total. The number of H-pyrrole nitrogens is 2. The third-order valence-electron chi connectivity index (χ3n) is 2.79. The Bertz CT molecular complexity index is 804. The van der Waals surface area contributed by atoms with E-state index in [1.54, 1.807) is 25.6 Å². The summed E-state index contributed by atoms with van der Waals surface area (Å²) in [6.45, 7) is 0.167. The van der Waals surface area contributed by atoms with Crippen molar-refractivity contribution in [2.75, 3.05) is 7.11 Å². The number of aromatic amines is 2. The number of carboxylic acid groups (broad SMARTS) is 1. The normalized spacial score (nSPS) is 9.78. The molecule has 0 radical (unpaired) electrons. The van der Waals surface area contributed by atoms with Gasteiger partial charge in [-0.25, -0.2) is 19.9 Å². The van der Waals surface area contributed by atoms with E-state index >= 15 is 0 Å². The SMILES string of the molecule is COc1ccc(-c2nccn2Cc2n[nH]c(=O)[nH]2)cn1.O=CO. The zero-order valence-corrected chi connectivity index (χ0v) is 12.1. The zero-order valence-electron chi connectivity index (χ0n) is 12.1. The monoisotopic (exact) mass is 318 g/mol. The first kappa shape index (κ1) is 15.9. The standard InChI is InChI=1S/C12H12N6O2.CH2O2/c1-20-10-3-2-8(6-14-10)11-13-4-5-18(11)7-9-15-12(19)17-16-9;2-1-3/h2-6H,7H2,1H3,(H2,15,16,17,19);1H,(H,2,3). The van der Waals surface area contributed by atoms with Gasteiger partial charge in [-0.15, -0.1) is 0 Å². The van der Waals surface area contributed by atoms with Crippen molar-refractivity contribution in [2.24, 2.45) is 0 Å². The highest BCUT2D eigenvalue weighted by atomic mass is 16.5. The summed E-state index contributed by atoms with van der Waals surface area (Å²) in [5.74, 6) is 1.82. The molecule has 3 heterocycles. The van der Waals surface area contributed by atoms with E-state index in [0.29, 0.717) is 18.2 Å². The van der Waals surface area contributed by atoms with Crippen LogP contribution in [0.5, 0.6) is 5.88 Å². The smallest absolute Gasteiger partial charge is 0.340 e. The van der Waals surface area contributed by atoms with E-state index in [-0.39, 0.29) is 12.2 Å². The fourth-order valence-electron chi connectivity index (χ4n) is 1.87. The first-order valence-electron chi connectivity index (χ1n) is 6.41. The van der Waals surface area contributed by atoms with Gasteiger partial charge in [-0.05, 0) is 6.07 Å². The summed E-state index contributed by atoms with van der Waals surface area (Å²) < 4.78 is 6.89. The second kappa shape index (κ2) is 7.54. The van der Waals surface area contributed by atoms with Crippen molar-refractivity contribution in [2.45, 2.75) is 6.54 Å². The Morgan fingerprint density at radius 2 is 2.17 bits per heavy atom. The van der Waals surface area contributed by atoms with Gasteiger partial charge in [0.15, 0.2) is 5.82 Å². The third kappa shape index (κ3) is 4.03. The molecule has 0 atom stereocenters. The molecule has 0 aliphatic heterocycles. The predicted molar refractivity (Wildman–Crippen MR) is 79.0 cm³/mol. The first-order valence-corrected chi connectivity index (χ1v) is 6.41. The van der Waals surface area contributed by atoms with E-state index in [1.165, 1.54) is 0 Å². The zero-order chi connectivity index (χ0) is 16.7. The lowest BCUT2D eigenvalue weighted by molar-refractivity contribution is -0.122. The molecule has 3 rings (SSSR count). The molecular weight excluding hydrogens is 304 g/mol. The highest BCUT2D eigenvalue weighted by molar-refractivity contribution is 5.54. The minimum atomic E-state index is -0.326. The molecule has 0 aromatic carbocycles. The van der Waals surface area contributed by atoms with Crippen molar-refractivity contribution in [3.63, 3.8) is 0 Å². The largest absolute Gasteiger partial charge is 0.483 e. The van der Waals surface area contributed by atoms with Gasteiger partial charge in [0.25, 0.3) is 6.47 Å². The fourth-order valence-corrected chi connectivity index (χ4v) is 1.87. The molecule has 3 aromatic heterocycles. The number of rotatable bonds is 4. The van der Waals surface area contributed by atoms with Gasteiger partial charge in [-0.2, -0.15) is 5.10 Å². The maximum Gasteiger partial charge on any atom is 0.340 e. The van der Waals surface area contributed by atoms with Crippen LogP contribution in [0.15, 0.2) is 35.5 Å². The molecule has 0 unspecified atom stereocenters. The summed E-state index contributed by atoms with van der Waals surface area (Å²) in [5.41, 5.74) is 0.529. The van der Waals surface area contributed by atoms with Crippen LogP contribution in [-0.4, -0.2) is 48.4 Å². The lowest BCUT2D eigenvalue weighted by Gasteiger charge is -2.06. The van der Waals surface area contributed by atoms with Crippen LogP contribution in [0.3, 0.4) is 0 Å². The fraction of sp³-hybridized carbons (Fsp3) is 0.154. The molecule has 3 aromatic rings. The van der Waals surface area contributed by atoms with Crippen molar-refractivity contribution >= 4 is 6.47 Å². The molecule has 0 spiro atoms. The Morgan fingerprint density at radius 3 is 2.74 bits per heavy atom. The molecule has 0 amide bonds. The van der Waals surface area contributed by atoms with Crippen LogP contribution in [0.1, 0.15) is 5.82 Å². The van der Waals surface area contributed by atoms with Crippen LogP contribution in [0.25, 0.3) is 11.4 Å². The summed E-state index contributed by atoms with van der Waals surface area (Å²) in [6, 6.07) is 3.64. The van der Waals surface area contributed by atoms with E-state index in [2.05, 4.69) is 25.1 Å². The van der Waals surface area contributed by atoms with E-state index in [0.717, 1.165) is 11.4 Å². The number of ether oxygens (including phenoxy) is 1. The quantitative estimate of drug-likeness (QED) is 0.580. The molecule has 0 saturated carbocycles. The van der Waals surface area contributed by atoms with Crippen molar-refractivity contribution in [1.29, 1.82) is 0 Å². The summed E-state index contributed by atoms with van der Waals surface area (Å²) in [6.07, 6.45) is 5.18. The average molecular weight is 318 g/mol. The maximum atomic E-state index is 11.0. The Labute approximate surface area is 129 Å². The van der Waals surface area contributed by atoms with Crippen LogP contribution < -0.4 is 10.4 Å². The number of carbonyl (C=O) groups is 1. The lowest BCUT2D eigenvalue weighted by atomic mass is 10.2. The van der Waals surface area contributed by atoms with Crippen LogP contribution in [0, 0.1) is 0 Å². The molecule has 3 N–H and O–H groups in total. The number of methoxy groups -OCH3 is 1. The van der Waals surface area contributed by atoms with Gasteiger partial charge in [-0.1, -0.05) is 0 Å². The van der Waals surface area contributed by atoms with Crippen LogP contribution in [0.4, 0.5) is 0 Å². The van der Waals surface area contributed by atoms with Gasteiger partial charge in [0.1, 0.15) is 5.82 Å². The van der Waals surface area contributed by atoms with Crippen LogP contribution >= 0.6 is 0 Å². The predicted octanol–water partition coefficient (Wildman–Crippen LogP) is 0.114. The van der Waals surface area contributed by atoms with Gasteiger partial charge < -0.3 is 14.4 Å². The molecule has 0 fully saturated rings. The number of hydrogen-bond acceptors (Lipinski definition) is 6. The molecule has 0 aliphatic carbocycles. The van der Waals surface area contributed by atoms with Gasteiger partial charge >= 0.3 is 5.69 Å². The number of nitrogens with one attached hydrogen (secondary N) is 2. The second-order valence-corrected chi connectivity index (χ2v) is 4.20. The maximum absolute atomic E-state index is 11.0. The average Bonchev–Trinajstić information content (AvgIpc) is 3.18. The minimum Gasteiger partial charge on any atom is -0.483 e. The van der Waals surface area contributed by atoms with E-state index in [4.69, 9.17) is 14.6 Å². The molecule has 10 heteroatoms. The van der Waals surface area contributed by atoms with E-state index < -0.39 is 0 Å². The third-order valence-corrected chi connectivity index (χ3v) is 2.79. The Kier molecular flexibility index (Phi) is 5.23. The number of pyridine rings is 1. The van der Waals surface area contributed by atoms with E-state index in [9.17, 15) is 4.79 Å². The summed E-state index contributed by atoms with van der Waals surface area (Å²) in [4.78, 5) is 30.4. The highest BCUT2D eigenvalue weighted by Crippen LogP contribution is 2.18. The number of hydrogen-bond donors (Lipinski definition) is 3. The highest BCUT2D eigenvalue weighted by Gasteiger charge is 2.08. The Hall–Kier alpha value is -3.43. The molecule has 0 aliphatic rings. The molecule has 23 heavy (non-hydrogen) atoms. The Morgan fingerprint density at radius 1 is 1.39 bits per heavy atom. The van der Waals surface area contributed by atoms with Crippen molar-refractivity contribution < 1.29 is 14.6 Å².